The van der Waals surface area contributed by atoms with E-state index >= 15 is 4.39 Å². The Hall–Kier alpha value is -4.66. The molecule has 9 nitrogen and oxygen atoms in total. The zero-order chi connectivity index (χ0) is 26.9. The first kappa shape index (κ1) is 26.4. The van der Waals surface area contributed by atoms with Gasteiger partial charge in [0, 0.05) is 0 Å². The lowest BCUT2D eigenvalue weighted by atomic mass is 9.98. The topological polar surface area (TPSA) is 118 Å². The lowest BCUT2D eigenvalue weighted by Crippen LogP contribution is -2.59. The molecular formula is C28H22FNO8. The van der Waals surface area contributed by atoms with Gasteiger partial charge in [-0.05, 0) is 36.4 Å². The third-order valence-electron chi connectivity index (χ3n) is 5.66. The molecule has 1 aliphatic rings. The van der Waals surface area contributed by atoms with E-state index < -0.39 is 55.2 Å². The number of esters is 3. The normalized spacial score (nSPS) is 22.4. The van der Waals surface area contributed by atoms with E-state index in [9.17, 15) is 19.2 Å². The predicted molar refractivity (Wildman–Crippen MR) is 130 cm³/mol. The highest BCUT2D eigenvalue weighted by molar-refractivity contribution is 5.90. The van der Waals surface area contributed by atoms with Crippen LogP contribution in [0.15, 0.2) is 96.0 Å². The summed E-state index contributed by atoms with van der Waals surface area (Å²) >= 11 is 0. The molecule has 0 unspecified atom stereocenters. The van der Waals surface area contributed by atoms with Crippen molar-refractivity contribution in [1.29, 1.82) is 0 Å². The quantitative estimate of drug-likeness (QED) is 0.191. The van der Waals surface area contributed by atoms with Gasteiger partial charge < -0.3 is 18.9 Å². The number of ether oxygens (including phenoxy) is 4. The smallest absolute Gasteiger partial charge is 0.338 e. The number of isocyanates is 1. The Morgan fingerprint density at radius 2 is 1.18 bits per heavy atom. The van der Waals surface area contributed by atoms with Gasteiger partial charge in [-0.3, -0.25) is 0 Å². The number of hydrogen-bond donors (Lipinski definition) is 0. The number of nitrogens with zero attached hydrogens (tertiary/aromatic N) is 1. The van der Waals surface area contributed by atoms with Gasteiger partial charge in [-0.15, -0.1) is 0 Å². The summed E-state index contributed by atoms with van der Waals surface area (Å²) in [5, 5.41) is 0. The van der Waals surface area contributed by atoms with Crippen LogP contribution < -0.4 is 0 Å². The van der Waals surface area contributed by atoms with Crippen molar-refractivity contribution in [2.45, 2.75) is 30.7 Å². The van der Waals surface area contributed by atoms with Gasteiger partial charge in [0.15, 0.2) is 18.4 Å². The van der Waals surface area contributed by atoms with E-state index in [1.807, 2.05) is 0 Å². The van der Waals surface area contributed by atoms with Crippen LogP contribution >= 0.6 is 0 Å². The number of halogens is 1. The summed E-state index contributed by atoms with van der Waals surface area (Å²) in [7, 11) is 0. The van der Waals surface area contributed by atoms with Crippen LogP contribution in [0, 0.1) is 0 Å². The Labute approximate surface area is 216 Å². The first-order chi connectivity index (χ1) is 18.5. The summed E-state index contributed by atoms with van der Waals surface area (Å²) in [6.45, 7) is -0.599. The lowest BCUT2D eigenvalue weighted by Gasteiger charge is -2.40. The van der Waals surface area contributed by atoms with Crippen molar-refractivity contribution >= 4 is 24.0 Å². The van der Waals surface area contributed by atoms with Gasteiger partial charge in [-0.25, -0.2) is 23.6 Å². The molecule has 194 valence electrons. The number of hydrogen-bond acceptors (Lipinski definition) is 9. The Bertz CT molecular complexity index is 1300. The second-order valence-corrected chi connectivity index (χ2v) is 8.17. The van der Waals surface area contributed by atoms with Gasteiger partial charge in [0.25, 0.3) is 0 Å². The van der Waals surface area contributed by atoms with Gasteiger partial charge in [0.05, 0.1) is 16.7 Å². The molecule has 3 aromatic rings. The van der Waals surface area contributed by atoms with Gasteiger partial charge in [0.2, 0.25) is 12.3 Å². The molecule has 0 spiro atoms. The summed E-state index contributed by atoms with van der Waals surface area (Å²) in [6.07, 6.45) is -7.34. The number of rotatable bonds is 8. The van der Waals surface area contributed by atoms with Crippen molar-refractivity contribution in [2.75, 3.05) is 6.61 Å². The molecule has 0 aliphatic carbocycles. The van der Waals surface area contributed by atoms with Gasteiger partial charge in [0.1, 0.15) is 12.7 Å². The molecule has 0 aromatic heterocycles. The first-order valence-corrected chi connectivity index (χ1v) is 11.6. The molecule has 0 N–H and O–H groups in total. The van der Waals surface area contributed by atoms with Crippen molar-refractivity contribution in [2.24, 2.45) is 4.99 Å². The van der Waals surface area contributed by atoms with E-state index in [-0.39, 0.29) is 16.7 Å². The molecule has 0 radical (unpaired) electrons. The average molecular weight is 519 g/mol. The molecule has 0 bridgehead atoms. The number of carbonyl (C=O) groups excluding carboxylic acids is 4. The standard InChI is InChI=1S/C28H22FNO8/c29-22-21(16-35-26(32)18-10-4-1-5-11-18)36-25(30-17-31)24(38-28(34)20-14-8-3-9-15-20)23(22)37-27(33)19-12-6-2-7-13-19/h1-15,21-25H,16H2/t21-,22-,23+,24-,25-/m1/s1. The van der Waals surface area contributed by atoms with E-state index in [0.717, 1.165) is 0 Å². The van der Waals surface area contributed by atoms with Crippen LogP contribution in [0.1, 0.15) is 31.1 Å². The summed E-state index contributed by atoms with van der Waals surface area (Å²) in [5.74, 6) is -2.53. The number of aliphatic imine (C=N–C) groups is 1. The predicted octanol–water partition coefficient (Wildman–Crippen LogP) is 3.69. The van der Waals surface area contributed by atoms with Crippen molar-refractivity contribution in [3.05, 3.63) is 108 Å². The van der Waals surface area contributed by atoms with Crippen molar-refractivity contribution in [3.8, 4) is 0 Å². The lowest BCUT2D eigenvalue weighted by molar-refractivity contribution is -0.209. The largest absolute Gasteiger partial charge is 0.459 e. The molecule has 1 heterocycles. The number of benzene rings is 3. The van der Waals surface area contributed by atoms with E-state index in [4.69, 9.17) is 18.9 Å². The monoisotopic (exact) mass is 519 g/mol. The molecule has 10 heteroatoms. The fourth-order valence-electron chi connectivity index (χ4n) is 3.78. The van der Waals surface area contributed by atoms with Crippen molar-refractivity contribution in [3.63, 3.8) is 0 Å². The van der Waals surface area contributed by atoms with Crippen molar-refractivity contribution < 1.29 is 42.5 Å². The second-order valence-electron chi connectivity index (χ2n) is 8.17. The molecule has 1 fully saturated rings. The minimum atomic E-state index is -2.13. The van der Waals surface area contributed by atoms with Crippen LogP contribution in [0.3, 0.4) is 0 Å². The van der Waals surface area contributed by atoms with E-state index in [0.29, 0.717) is 0 Å². The molecule has 1 saturated heterocycles. The maximum atomic E-state index is 15.8. The zero-order valence-corrected chi connectivity index (χ0v) is 19.8. The molecule has 4 rings (SSSR count). The van der Waals surface area contributed by atoms with Crippen LogP contribution in [0.2, 0.25) is 0 Å². The molecule has 38 heavy (non-hydrogen) atoms. The molecule has 0 amide bonds. The summed E-state index contributed by atoms with van der Waals surface area (Å²) in [4.78, 5) is 52.6. The highest BCUT2D eigenvalue weighted by Crippen LogP contribution is 2.30. The highest BCUT2D eigenvalue weighted by Gasteiger charge is 2.51. The number of alkyl halides is 1. The maximum Gasteiger partial charge on any atom is 0.338 e. The van der Waals surface area contributed by atoms with Crippen LogP contribution in [0.4, 0.5) is 4.39 Å². The molecular weight excluding hydrogens is 497 g/mol. The minimum absolute atomic E-state index is 0.113. The van der Waals surface area contributed by atoms with E-state index in [2.05, 4.69) is 4.99 Å². The average Bonchev–Trinajstić information content (AvgIpc) is 2.96. The minimum Gasteiger partial charge on any atom is -0.459 e. The van der Waals surface area contributed by atoms with Crippen LogP contribution in [0.5, 0.6) is 0 Å². The fourth-order valence-corrected chi connectivity index (χ4v) is 3.78. The molecule has 0 saturated carbocycles. The SMILES string of the molecule is O=C=N[C@@H]1O[C@H](COC(=O)c2ccccc2)[C@@H](F)[C@H](OC(=O)c2ccccc2)[C@H]1OC(=O)c1ccccc1. The molecule has 1 aliphatic heterocycles. The van der Waals surface area contributed by atoms with Crippen molar-refractivity contribution in [1.82, 2.24) is 0 Å². The van der Waals surface area contributed by atoms with Gasteiger partial charge in [-0.2, -0.15) is 4.99 Å². The van der Waals surface area contributed by atoms with Gasteiger partial charge >= 0.3 is 17.9 Å². The third kappa shape index (κ3) is 6.36. The fraction of sp³-hybridized carbons (Fsp3) is 0.214. The summed E-state index contributed by atoms with van der Waals surface area (Å²) < 4.78 is 37.5. The summed E-state index contributed by atoms with van der Waals surface area (Å²) in [6, 6.07) is 23.6. The maximum absolute atomic E-state index is 15.8. The van der Waals surface area contributed by atoms with Crippen LogP contribution in [-0.2, 0) is 23.7 Å². The Morgan fingerprint density at radius 1 is 0.737 bits per heavy atom. The van der Waals surface area contributed by atoms with E-state index in [1.54, 1.807) is 54.6 Å². The molecule has 5 atom stereocenters. The number of carbonyl (C=O) groups is 3. The zero-order valence-electron chi connectivity index (χ0n) is 19.8. The van der Waals surface area contributed by atoms with Crippen LogP contribution in [0.25, 0.3) is 0 Å². The van der Waals surface area contributed by atoms with Gasteiger partial charge in [-0.1, -0.05) is 54.6 Å². The second kappa shape index (κ2) is 12.5. The Kier molecular flexibility index (Phi) is 8.71. The Morgan fingerprint density at radius 3 is 1.66 bits per heavy atom. The Balaban J connectivity index is 1.59. The highest BCUT2D eigenvalue weighted by atomic mass is 19.1. The van der Waals surface area contributed by atoms with E-state index in [1.165, 1.54) is 42.5 Å². The summed E-state index contributed by atoms with van der Waals surface area (Å²) in [5.41, 5.74) is 0.466. The molecule has 3 aromatic carbocycles. The van der Waals surface area contributed by atoms with Crippen LogP contribution in [-0.4, -0.2) is 61.3 Å². The third-order valence-corrected chi connectivity index (χ3v) is 5.66. The first-order valence-electron chi connectivity index (χ1n) is 11.6.